The number of morpholine rings is 1. The second-order valence-electron chi connectivity index (χ2n) is 5.86. The van der Waals surface area contributed by atoms with Crippen molar-refractivity contribution in [3.63, 3.8) is 0 Å². The van der Waals surface area contributed by atoms with Gasteiger partial charge in [0.1, 0.15) is 5.75 Å². The van der Waals surface area contributed by atoms with Gasteiger partial charge in [-0.2, -0.15) is 0 Å². The second-order valence-corrected chi connectivity index (χ2v) is 5.86. The van der Waals surface area contributed by atoms with Crippen LogP contribution in [0, 0.1) is 0 Å². The summed E-state index contributed by atoms with van der Waals surface area (Å²) in [5.74, 6) is 0.934. The molecule has 1 aromatic carbocycles. The van der Waals surface area contributed by atoms with Crippen LogP contribution in [0.15, 0.2) is 24.3 Å². The van der Waals surface area contributed by atoms with Gasteiger partial charge in [-0.25, -0.2) is 0 Å². The van der Waals surface area contributed by atoms with Gasteiger partial charge in [-0.05, 0) is 31.9 Å². The molecule has 1 N–H and O–H groups in total. The molecule has 1 aromatic rings. The Bertz CT molecular complexity index is 483. The summed E-state index contributed by atoms with van der Waals surface area (Å²) >= 11 is 0. The Labute approximate surface area is 132 Å². The van der Waals surface area contributed by atoms with Crippen molar-refractivity contribution in [2.45, 2.75) is 32.5 Å². The maximum atomic E-state index is 12.0. The number of benzene rings is 1. The fraction of sp³-hybridized carbons (Fsp3) is 0.588. The van der Waals surface area contributed by atoms with Crippen molar-refractivity contribution in [3.8, 4) is 5.75 Å². The normalized spacial score (nSPS) is 22.3. The summed E-state index contributed by atoms with van der Waals surface area (Å²) in [7, 11) is 1.66. The van der Waals surface area contributed by atoms with Crippen molar-refractivity contribution in [1.82, 2.24) is 10.2 Å². The van der Waals surface area contributed by atoms with Crippen molar-refractivity contribution >= 4 is 5.91 Å². The predicted octanol–water partition coefficient (Wildman–Crippen LogP) is 1.46. The smallest absolute Gasteiger partial charge is 0.234 e. The number of carbonyl (C=O) groups is 1. The predicted molar refractivity (Wildman–Crippen MR) is 86.2 cm³/mol. The molecule has 0 bridgehead atoms. The number of nitrogens with zero attached hydrogens (tertiary/aromatic N) is 1. The summed E-state index contributed by atoms with van der Waals surface area (Å²) in [4.78, 5) is 14.2. The monoisotopic (exact) mass is 306 g/mol. The number of hydrogen-bond donors (Lipinski definition) is 1. The third kappa shape index (κ3) is 5.00. The molecule has 0 unspecified atom stereocenters. The van der Waals surface area contributed by atoms with E-state index in [1.54, 1.807) is 7.11 Å². The molecule has 1 aliphatic heterocycles. The van der Waals surface area contributed by atoms with Crippen molar-refractivity contribution in [2.75, 3.05) is 33.3 Å². The molecule has 0 aromatic heterocycles. The van der Waals surface area contributed by atoms with Crippen LogP contribution in [0.1, 0.15) is 19.4 Å². The number of methoxy groups -OCH3 is 1. The zero-order valence-electron chi connectivity index (χ0n) is 13.7. The molecule has 1 heterocycles. The maximum absolute atomic E-state index is 12.0. The highest BCUT2D eigenvalue weighted by molar-refractivity contribution is 5.78. The minimum Gasteiger partial charge on any atom is -0.496 e. The van der Waals surface area contributed by atoms with Gasteiger partial charge >= 0.3 is 0 Å². The fourth-order valence-electron chi connectivity index (χ4n) is 2.92. The van der Waals surface area contributed by atoms with Gasteiger partial charge in [0.05, 0.1) is 25.9 Å². The van der Waals surface area contributed by atoms with Crippen molar-refractivity contribution in [1.29, 1.82) is 0 Å². The van der Waals surface area contributed by atoms with Gasteiger partial charge in [0.25, 0.3) is 0 Å². The highest BCUT2D eigenvalue weighted by Crippen LogP contribution is 2.17. The van der Waals surface area contributed by atoms with E-state index in [1.165, 1.54) is 0 Å². The molecular formula is C17H26N2O3. The molecule has 0 radical (unpaired) electrons. The molecule has 22 heavy (non-hydrogen) atoms. The van der Waals surface area contributed by atoms with Gasteiger partial charge in [0, 0.05) is 19.6 Å². The Morgan fingerprint density at radius 2 is 2.00 bits per heavy atom. The van der Waals surface area contributed by atoms with E-state index in [4.69, 9.17) is 9.47 Å². The fourth-order valence-corrected chi connectivity index (χ4v) is 2.92. The van der Waals surface area contributed by atoms with Crippen molar-refractivity contribution < 1.29 is 14.3 Å². The first-order valence-electron chi connectivity index (χ1n) is 7.85. The summed E-state index contributed by atoms with van der Waals surface area (Å²) in [6.07, 6.45) is 1.14. The zero-order chi connectivity index (χ0) is 15.9. The van der Waals surface area contributed by atoms with E-state index in [2.05, 4.69) is 10.2 Å². The Kier molecular flexibility index (Phi) is 6.21. The first-order valence-corrected chi connectivity index (χ1v) is 7.85. The van der Waals surface area contributed by atoms with Crippen molar-refractivity contribution in [2.24, 2.45) is 0 Å². The summed E-state index contributed by atoms with van der Waals surface area (Å²) in [6.45, 7) is 6.76. The maximum Gasteiger partial charge on any atom is 0.234 e. The third-order valence-electron chi connectivity index (χ3n) is 3.77. The van der Waals surface area contributed by atoms with Crippen LogP contribution >= 0.6 is 0 Å². The Morgan fingerprint density at radius 1 is 1.32 bits per heavy atom. The standard InChI is InChI=1S/C17H26N2O3/c1-13-10-19(11-14(2)22-13)12-17(20)18-9-8-15-6-4-5-7-16(15)21-3/h4-7,13-14H,8-12H2,1-3H3,(H,18,20)/t13-,14-/m0/s1. The van der Waals surface area contributed by atoms with Gasteiger partial charge in [-0.3, -0.25) is 9.69 Å². The van der Waals surface area contributed by atoms with Crippen LogP contribution in [-0.2, 0) is 16.0 Å². The zero-order valence-corrected chi connectivity index (χ0v) is 13.7. The van der Waals surface area contributed by atoms with E-state index in [1.807, 2.05) is 38.1 Å². The minimum absolute atomic E-state index is 0.0659. The molecule has 0 spiro atoms. The molecular weight excluding hydrogens is 280 g/mol. The average Bonchev–Trinajstić information content (AvgIpc) is 2.46. The summed E-state index contributed by atoms with van der Waals surface area (Å²) in [5, 5.41) is 2.98. The van der Waals surface area contributed by atoms with Gasteiger partial charge in [-0.1, -0.05) is 18.2 Å². The highest BCUT2D eigenvalue weighted by atomic mass is 16.5. The molecule has 122 valence electrons. The highest BCUT2D eigenvalue weighted by Gasteiger charge is 2.23. The summed E-state index contributed by atoms with van der Waals surface area (Å²) < 4.78 is 11.0. The number of hydrogen-bond acceptors (Lipinski definition) is 4. The van der Waals surface area contributed by atoms with Crippen LogP contribution in [-0.4, -0.2) is 56.3 Å². The lowest BCUT2D eigenvalue weighted by atomic mass is 10.1. The average molecular weight is 306 g/mol. The van der Waals surface area contributed by atoms with E-state index < -0.39 is 0 Å². The van der Waals surface area contributed by atoms with Gasteiger partial charge in [0.15, 0.2) is 0 Å². The minimum atomic E-state index is 0.0659. The second kappa shape index (κ2) is 8.15. The van der Waals surface area contributed by atoms with Crippen molar-refractivity contribution in [3.05, 3.63) is 29.8 Å². The van der Waals surface area contributed by atoms with Crippen LogP contribution in [0.25, 0.3) is 0 Å². The first kappa shape index (κ1) is 16.8. The quantitative estimate of drug-likeness (QED) is 0.864. The molecule has 0 aliphatic carbocycles. The molecule has 1 aliphatic rings. The Balaban J connectivity index is 1.74. The molecule has 5 nitrogen and oxygen atoms in total. The lowest BCUT2D eigenvalue weighted by Gasteiger charge is -2.34. The third-order valence-corrected chi connectivity index (χ3v) is 3.77. The molecule has 1 fully saturated rings. The van der Waals surface area contributed by atoms with Crippen LogP contribution < -0.4 is 10.1 Å². The largest absolute Gasteiger partial charge is 0.496 e. The van der Waals surface area contributed by atoms with E-state index in [0.29, 0.717) is 13.1 Å². The van der Waals surface area contributed by atoms with Crippen LogP contribution in [0.3, 0.4) is 0 Å². The molecule has 0 saturated carbocycles. The first-order chi connectivity index (χ1) is 10.6. The lowest BCUT2D eigenvalue weighted by molar-refractivity contribution is -0.125. The molecule has 1 amide bonds. The lowest BCUT2D eigenvalue weighted by Crippen LogP contribution is -2.49. The molecule has 2 atom stereocenters. The number of ether oxygens (including phenoxy) is 2. The molecule has 2 rings (SSSR count). The SMILES string of the molecule is COc1ccccc1CCNC(=O)CN1C[C@H](C)O[C@@H](C)C1. The molecule has 1 saturated heterocycles. The summed E-state index contributed by atoms with van der Waals surface area (Å²) in [6, 6.07) is 7.89. The summed E-state index contributed by atoms with van der Waals surface area (Å²) in [5.41, 5.74) is 1.11. The number of nitrogens with one attached hydrogen (secondary N) is 1. The van der Waals surface area contributed by atoms with E-state index in [0.717, 1.165) is 30.8 Å². The van der Waals surface area contributed by atoms with E-state index in [9.17, 15) is 4.79 Å². The van der Waals surface area contributed by atoms with E-state index in [-0.39, 0.29) is 18.1 Å². The van der Waals surface area contributed by atoms with Gasteiger partial charge in [0.2, 0.25) is 5.91 Å². The van der Waals surface area contributed by atoms with Crippen LogP contribution in [0.5, 0.6) is 5.75 Å². The number of rotatable bonds is 6. The van der Waals surface area contributed by atoms with Gasteiger partial charge < -0.3 is 14.8 Å². The van der Waals surface area contributed by atoms with Gasteiger partial charge in [-0.15, -0.1) is 0 Å². The number of amides is 1. The molecule has 5 heteroatoms. The Hall–Kier alpha value is -1.59. The van der Waals surface area contributed by atoms with E-state index >= 15 is 0 Å². The Morgan fingerprint density at radius 3 is 2.68 bits per heavy atom. The number of para-hydroxylation sites is 1. The topological polar surface area (TPSA) is 50.8 Å². The van der Waals surface area contributed by atoms with Crippen LogP contribution in [0.4, 0.5) is 0 Å². The number of carbonyl (C=O) groups excluding carboxylic acids is 1. The van der Waals surface area contributed by atoms with Crippen LogP contribution in [0.2, 0.25) is 0 Å².